The lowest BCUT2D eigenvalue weighted by Gasteiger charge is -2.15. The summed E-state index contributed by atoms with van der Waals surface area (Å²) in [6.45, 7) is 7.27. The van der Waals surface area contributed by atoms with E-state index in [9.17, 15) is 9.59 Å². The maximum absolute atomic E-state index is 12.3. The largest absolute Gasteiger partial charge is 0.453 e. The fraction of sp³-hybridized carbons (Fsp3) is 0.350. The average molecular weight is 416 g/mol. The standard InChI is InChI=1S/C20H22ClN5O3/c1-11-10-17-23-12(2)15(13(3)26(17)25-11)7-8-18(27)29-14(4)20(28)24-16-6-5-9-22-19(16)21/h5-6,9-10,14H,7-8H2,1-4H3,(H,24,28)/t14-/m0/s1. The Kier molecular flexibility index (Phi) is 6.12. The first-order valence-corrected chi connectivity index (χ1v) is 9.57. The fourth-order valence-electron chi connectivity index (χ4n) is 3.05. The molecule has 1 amide bonds. The van der Waals surface area contributed by atoms with Crippen LogP contribution in [0.5, 0.6) is 0 Å². The van der Waals surface area contributed by atoms with Crippen molar-refractivity contribution in [1.82, 2.24) is 19.6 Å². The zero-order valence-corrected chi connectivity index (χ0v) is 17.4. The van der Waals surface area contributed by atoms with E-state index in [2.05, 4.69) is 20.4 Å². The number of halogens is 1. The van der Waals surface area contributed by atoms with E-state index in [0.717, 1.165) is 28.3 Å². The molecule has 8 nitrogen and oxygen atoms in total. The number of hydrogen-bond acceptors (Lipinski definition) is 6. The van der Waals surface area contributed by atoms with Crippen molar-refractivity contribution in [3.8, 4) is 0 Å². The third kappa shape index (κ3) is 4.71. The van der Waals surface area contributed by atoms with Crippen molar-refractivity contribution in [1.29, 1.82) is 0 Å². The van der Waals surface area contributed by atoms with Crippen LogP contribution in [0.15, 0.2) is 24.4 Å². The third-order valence-electron chi connectivity index (χ3n) is 4.56. The molecule has 0 spiro atoms. The summed E-state index contributed by atoms with van der Waals surface area (Å²) < 4.78 is 7.03. The third-order valence-corrected chi connectivity index (χ3v) is 4.86. The van der Waals surface area contributed by atoms with Crippen molar-refractivity contribution in [2.75, 3.05) is 5.32 Å². The number of aryl methyl sites for hydroxylation is 3. The summed E-state index contributed by atoms with van der Waals surface area (Å²) in [6, 6.07) is 5.18. The van der Waals surface area contributed by atoms with E-state index in [4.69, 9.17) is 16.3 Å². The van der Waals surface area contributed by atoms with E-state index in [1.54, 1.807) is 16.6 Å². The Morgan fingerprint density at radius 2 is 2.07 bits per heavy atom. The average Bonchev–Trinajstić information content (AvgIpc) is 3.03. The predicted octanol–water partition coefficient (Wildman–Crippen LogP) is 3.21. The van der Waals surface area contributed by atoms with Crippen molar-refractivity contribution < 1.29 is 14.3 Å². The van der Waals surface area contributed by atoms with Gasteiger partial charge in [-0.25, -0.2) is 14.5 Å². The number of esters is 1. The Balaban J connectivity index is 1.60. The van der Waals surface area contributed by atoms with Crippen LogP contribution < -0.4 is 5.32 Å². The quantitative estimate of drug-likeness (QED) is 0.490. The maximum atomic E-state index is 12.3. The smallest absolute Gasteiger partial charge is 0.306 e. The molecule has 1 atom stereocenters. The summed E-state index contributed by atoms with van der Waals surface area (Å²) in [5.41, 5.74) is 4.75. The van der Waals surface area contributed by atoms with Crippen LogP contribution in [0, 0.1) is 20.8 Å². The summed E-state index contributed by atoms with van der Waals surface area (Å²) in [7, 11) is 0. The van der Waals surface area contributed by atoms with Gasteiger partial charge >= 0.3 is 5.97 Å². The SMILES string of the molecule is Cc1cc2nc(C)c(CCC(=O)O[C@@H](C)C(=O)Nc3cccnc3Cl)c(C)n2n1. The van der Waals surface area contributed by atoms with Gasteiger partial charge in [0.15, 0.2) is 16.9 Å². The van der Waals surface area contributed by atoms with E-state index < -0.39 is 18.0 Å². The van der Waals surface area contributed by atoms with E-state index in [1.807, 2.05) is 26.8 Å². The number of rotatable bonds is 6. The minimum absolute atomic E-state index is 0.125. The molecule has 0 aromatic carbocycles. The molecule has 0 bridgehead atoms. The van der Waals surface area contributed by atoms with Gasteiger partial charge in [-0.05, 0) is 51.8 Å². The van der Waals surface area contributed by atoms with Gasteiger partial charge in [0.25, 0.3) is 5.91 Å². The summed E-state index contributed by atoms with van der Waals surface area (Å²) in [6.07, 6.45) is 1.12. The van der Waals surface area contributed by atoms with E-state index in [-0.39, 0.29) is 11.6 Å². The van der Waals surface area contributed by atoms with Crippen LogP contribution >= 0.6 is 11.6 Å². The van der Waals surface area contributed by atoms with Gasteiger partial charge in [-0.1, -0.05) is 11.6 Å². The van der Waals surface area contributed by atoms with Crippen LogP contribution in [0.4, 0.5) is 5.69 Å². The lowest BCUT2D eigenvalue weighted by molar-refractivity contribution is -0.153. The first-order valence-electron chi connectivity index (χ1n) is 9.19. The molecule has 1 N–H and O–H groups in total. The zero-order valence-electron chi connectivity index (χ0n) is 16.7. The van der Waals surface area contributed by atoms with Crippen molar-refractivity contribution in [2.24, 2.45) is 0 Å². The molecule has 3 rings (SSSR count). The second-order valence-corrected chi connectivity index (χ2v) is 7.14. The normalized spacial score (nSPS) is 12.0. The zero-order chi connectivity index (χ0) is 21.1. The second-order valence-electron chi connectivity index (χ2n) is 6.78. The second kappa shape index (κ2) is 8.57. The number of ether oxygens (including phenoxy) is 1. The summed E-state index contributed by atoms with van der Waals surface area (Å²) >= 11 is 5.92. The molecule has 152 valence electrons. The number of aromatic nitrogens is 4. The minimum atomic E-state index is -0.963. The van der Waals surface area contributed by atoms with Crippen molar-refractivity contribution >= 4 is 34.8 Å². The Bertz CT molecular complexity index is 1080. The summed E-state index contributed by atoms with van der Waals surface area (Å²) in [5.74, 6) is -0.948. The minimum Gasteiger partial charge on any atom is -0.453 e. The van der Waals surface area contributed by atoms with Gasteiger partial charge in [0, 0.05) is 30.1 Å². The number of amides is 1. The van der Waals surface area contributed by atoms with Gasteiger partial charge < -0.3 is 10.1 Å². The van der Waals surface area contributed by atoms with Crippen molar-refractivity contribution in [3.63, 3.8) is 0 Å². The van der Waals surface area contributed by atoms with Gasteiger partial charge in [-0.3, -0.25) is 9.59 Å². The Hall–Kier alpha value is -3.00. The highest BCUT2D eigenvalue weighted by Gasteiger charge is 2.20. The Labute approximate surface area is 173 Å². The van der Waals surface area contributed by atoms with E-state index in [0.29, 0.717) is 12.1 Å². The first-order chi connectivity index (χ1) is 13.8. The molecule has 3 heterocycles. The number of nitrogens with one attached hydrogen (secondary N) is 1. The van der Waals surface area contributed by atoms with E-state index in [1.165, 1.54) is 13.1 Å². The number of fused-ring (bicyclic) bond motifs is 1. The fourth-order valence-corrected chi connectivity index (χ4v) is 3.22. The topological polar surface area (TPSA) is 98.5 Å². The molecule has 0 fully saturated rings. The number of anilines is 1. The molecule has 0 unspecified atom stereocenters. The molecule has 0 aliphatic heterocycles. The van der Waals surface area contributed by atoms with Crippen LogP contribution in [0.25, 0.3) is 5.65 Å². The molecular weight excluding hydrogens is 394 g/mol. The van der Waals surface area contributed by atoms with Crippen LogP contribution in [0.2, 0.25) is 5.15 Å². The first kappa shape index (κ1) is 20.7. The number of nitrogens with zero attached hydrogens (tertiary/aromatic N) is 4. The molecule has 29 heavy (non-hydrogen) atoms. The molecule has 0 aliphatic carbocycles. The van der Waals surface area contributed by atoms with Gasteiger partial charge in [-0.2, -0.15) is 5.10 Å². The highest BCUT2D eigenvalue weighted by atomic mass is 35.5. The van der Waals surface area contributed by atoms with Gasteiger partial charge in [0.1, 0.15) is 0 Å². The summed E-state index contributed by atoms with van der Waals surface area (Å²) in [5, 5.41) is 7.20. The number of pyridine rings is 1. The number of carbonyl (C=O) groups excluding carboxylic acids is 2. The van der Waals surface area contributed by atoms with Crippen molar-refractivity contribution in [2.45, 2.75) is 46.6 Å². The van der Waals surface area contributed by atoms with Crippen molar-refractivity contribution in [3.05, 3.63) is 52.2 Å². The van der Waals surface area contributed by atoms with Crippen LogP contribution in [0.3, 0.4) is 0 Å². The van der Waals surface area contributed by atoms with Gasteiger partial charge in [0.05, 0.1) is 11.4 Å². The lowest BCUT2D eigenvalue weighted by Crippen LogP contribution is -2.30. The van der Waals surface area contributed by atoms with Crippen LogP contribution in [-0.4, -0.2) is 37.6 Å². The number of carbonyl (C=O) groups is 2. The van der Waals surface area contributed by atoms with Crippen LogP contribution in [0.1, 0.15) is 36.0 Å². The maximum Gasteiger partial charge on any atom is 0.306 e. The molecule has 0 saturated heterocycles. The molecule has 9 heteroatoms. The predicted molar refractivity (Wildman–Crippen MR) is 109 cm³/mol. The lowest BCUT2D eigenvalue weighted by atomic mass is 10.1. The summed E-state index contributed by atoms with van der Waals surface area (Å²) in [4.78, 5) is 32.9. The highest BCUT2D eigenvalue weighted by Crippen LogP contribution is 2.19. The van der Waals surface area contributed by atoms with Gasteiger partial charge in [0.2, 0.25) is 0 Å². The number of hydrogen-bond donors (Lipinski definition) is 1. The highest BCUT2D eigenvalue weighted by molar-refractivity contribution is 6.32. The van der Waals surface area contributed by atoms with Crippen LogP contribution in [-0.2, 0) is 20.7 Å². The molecule has 0 saturated carbocycles. The molecule has 0 radical (unpaired) electrons. The molecule has 0 aliphatic rings. The Morgan fingerprint density at radius 1 is 1.31 bits per heavy atom. The molecular formula is C20H22ClN5O3. The molecule has 3 aromatic heterocycles. The Morgan fingerprint density at radius 3 is 2.79 bits per heavy atom. The molecule has 3 aromatic rings. The monoisotopic (exact) mass is 415 g/mol. The van der Waals surface area contributed by atoms with E-state index >= 15 is 0 Å². The van der Waals surface area contributed by atoms with Gasteiger partial charge in [-0.15, -0.1) is 0 Å².